The third kappa shape index (κ3) is 7.86. The number of ether oxygens (including phenoxy) is 4. The summed E-state index contributed by atoms with van der Waals surface area (Å²) in [6.07, 6.45) is -4.55. The number of carbonyl (C=O) groups is 5. The second-order valence-electron chi connectivity index (χ2n) is 7.72. The van der Waals surface area contributed by atoms with Crippen LogP contribution in [-0.4, -0.2) is 55.1 Å². The van der Waals surface area contributed by atoms with Gasteiger partial charge in [0.15, 0.2) is 24.6 Å². The molecule has 0 radical (unpaired) electrons. The first-order chi connectivity index (χ1) is 17.9. The zero-order valence-corrected chi connectivity index (χ0v) is 19.9. The third-order valence-corrected chi connectivity index (χ3v) is 5.04. The van der Waals surface area contributed by atoms with Gasteiger partial charge in [-0.1, -0.05) is 54.6 Å². The zero-order chi connectivity index (χ0) is 26.6. The van der Waals surface area contributed by atoms with Crippen LogP contribution in [-0.2, 0) is 28.5 Å². The predicted molar refractivity (Wildman–Crippen MR) is 130 cm³/mol. The Bertz CT molecular complexity index is 1210. The molecule has 0 aliphatic rings. The molecule has 0 aliphatic heterocycles. The quantitative estimate of drug-likeness (QED) is 0.220. The minimum Gasteiger partial charge on any atom is -0.458 e. The van der Waals surface area contributed by atoms with Crippen LogP contribution >= 0.6 is 0 Å². The maximum absolute atomic E-state index is 12.9. The van der Waals surface area contributed by atoms with Crippen LogP contribution in [0.15, 0.2) is 91.0 Å². The molecule has 9 heteroatoms. The van der Waals surface area contributed by atoms with Crippen LogP contribution in [0.4, 0.5) is 0 Å². The van der Waals surface area contributed by atoms with Crippen LogP contribution in [0.1, 0.15) is 38.0 Å². The maximum atomic E-state index is 12.9. The molecule has 0 aromatic heterocycles. The fourth-order valence-corrected chi connectivity index (χ4v) is 3.28. The van der Waals surface area contributed by atoms with Crippen LogP contribution < -0.4 is 0 Å². The van der Waals surface area contributed by atoms with Gasteiger partial charge < -0.3 is 18.9 Å². The second kappa shape index (κ2) is 13.3. The minimum atomic E-state index is -1.69. The summed E-state index contributed by atoms with van der Waals surface area (Å²) in [4.78, 5) is 61.9. The fourth-order valence-electron chi connectivity index (χ4n) is 3.28. The molecule has 3 atom stereocenters. The Hall–Kier alpha value is -4.79. The van der Waals surface area contributed by atoms with E-state index in [1.165, 1.54) is 36.4 Å². The summed E-state index contributed by atoms with van der Waals surface area (Å²) in [7, 11) is 0. The van der Waals surface area contributed by atoms with Gasteiger partial charge in [0.25, 0.3) is 0 Å². The van der Waals surface area contributed by atoms with Crippen LogP contribution in [0.25, 0.3) is 0 Å². The Labute approximate surface area is 212 Å². The first kappa shape index (κ1) is 26.8. The Kier molecular flexibility index (Phi) is 9.66. The first-order valence-corrected chi connectivity index (χ1v) is 11.3. The van der Waals surface area contributed by atoms with E-state index < -0.39 is 48.8 Å². The van der Waals surface area contributed by atoms with Gasteiger partial charge in [-0.25, -0.2) is 14.4 Å². The van der Waals surface area contributed by atoms with E-state index in [0.717, 1.165) is 6.92 Å². The molecule has 0 fully saturated rings. The number of aldehydes is 1. The van der Waals surface area contributed by atoms with E-state index in [-0.39, 0.29) is 23.0 Å². The van der Waals surface area contributed by atoms with Gasteiger partial charge in [0, 0.05) is 6.92 Å². The van der Waals surface area contributed by atoms with E-state index in [0.29, 0.717) is 0 Å². The van der Waals surface area contributed by atoms with E-state index >= 15 is 0 Å². The molecule has 3 rings (SSSR count). The van der Waals surface area contributed by atoms with Crippen molar-refractivity contribution in [1.82, 2.24) is 0 Å². The van der Waals surface area contributed by atoms with Crippen molar-refractivity contribution in [3.8, 4) is 0 Å². The van der Waals surface area contributed by atoms with E-state index in [1.54, 1.807) is 54.6 Å². The van der Waals surface area contributed by atoms with E-state index in [1.807, 2.05) is 0 Å². The van der Waals surface area contributed by atoms with E-state index in [2.05, 4.69) is 0 Å². The molecule has 0 heterocycles. The molecule has 0 unspecified atom stereocenters. The van der Waals surface area contributed by atoms with Gasteiger partial charge in [-0.3, -0.25) is 9.59 Å². The molecule has 190 valence electrons. The molecular formula is C28H24O9. The highest BCUT2D eigenvalue weighted by Gasteiger charge is 2.39. The number of hydrogen-bond acceptors (Lipinski definition) is 9. The summed E-state index contributed by atoms with van der Waals surface area (Å²) in [6, 6.07) is 23.7. The highest BCUT2D eigenvalue weighted by Crippen LogP contribution is 2.18. The number of rotatable bonds is 11. The van der Waals surface area contributed by atoms with Crippen molar-refractivity contribution in [3.05, 3.63) is 108 Å². The molecular weight excluding hydrogens is 480 g/mol. The Morgan fingerprint density at radius 1 is 0.649 bits per heavy atom. The second-order valence-corrected chi connectivity index (χ2v) is 7.72. The van der Waals surface area contributed by atoms with Crippen LogP contribution in [0.2, 0.25) is 0 Å². The van der Waals surface area contributed by atoms with Gasteiger partial charge >= 0.3 is 23.9 Å². The standard InChI is InChI=1S/C28H24O9/c1-19(30)35-24(18-34-26(31)20-11-5-2-6-12-20)25(37-28(33)22-15-9-4-10-16-22)23(17-29)36-27(32)21-13-7-3-8-14-21/h2-17,23-25H,18H2,1H3/t23-,24+,25-/m1/s1. The smallest absolute Gasteiger partial charge is 0.338 e. The van der Waals surface area contributed by atoms with Gasteiger partial charge in [0.05, 0.1) is 16.7 Å². The molecule has 0 spiro atoms. The molecule has 9 nitrogen and oxygen atoms in total. The van der Waals surface area contributed by atoms with E-state index in [4.69, 9.17) is 18.9 Å². The van der Waals surface area contributed by atoms with Crippen molar-refractivity contribution in [1.29, 1.82) is 0 Å². The van der Waals surface area contributed by atoms with Crippen molar-refractivity contribution in [2.24, 2.45) is 0 Å². The molecule has 0 bridgehead atoms. The highest BCUT2D eigenvalue weighted by molar-refractivity contribution is 5.91. The largest absolute Gasteiger partial charge is 0.458 e. The topological polar surface area (TPSA) is 122 Å². The van der Waals surface area contributed by atoms with Crippen LogP contribution in [0.5, 0.6) is 0 Å². The lowest BCUT2D eigenvalue weighted by molar-refractivity contribution is -0.163. The SMILES string of the molecule is CC(=O)O[C@@H](COC(=O)c1ccccc1)[C@H](OC(=O)c1ccccc1)[C@@H](C=O)OC(=O)c1ccccc1. The van der Waals surface area contributed by atoms with E-state index in [9.17, 15) is 24.0 Å². The van der Waals surface area contributed by atoms with Gasteiger partial charge in [-0.05, 0) is 36.4 Å². The molecule has 3 aromatic carbocycles. The number of carbonyl (C=O) groups excluding carboxylic acids is 5. The summed E-state index contributed by atoms with van der Waals surface area (Å²) in [5, 5.41) is 0. The summed E-state index contributed by atoms with van der Waals surface area (Å²) in [5.74, 6) is -3.29. The molecule has 0 saturated heterocycles. The summed E-state index contributed by atoms with van der Waals surface area (Å²) in [5.41, 5.74) is 0.501. The molecule has 0 aliphatic carbocycles. The number of benzene rings is 3. The van der Waals surface area contributed by atoms with Crippen LogP contribution in [0, 0.1) is 0 Å². The van der Waals surface area contributed by atoms with Crippen molar-refractivity contribution in [2.45, 2.75) is 25.2 Å². The van der Waals surface area contributed by atoms with Crippen molar-refractivity contribution >= 4 is 30.2 Å². The van der Waals surface area contributed by atoms with Gasteiger partial charge in [-0.15, -0.1) is 0 Å². The molecule has 0 saturated carbocycles. The average Bonchev–Trinajstić information content (AvgIpc) is 2.93. The van der Waals surface area contributed by atoms with Gasteiger partial charge in [0.1, 0.15) is 6.61 Å². The average molecular weight is 504 g/mol. The zero-order valence-electron chi connectivity index (χ0n) is 19.9. The van der Waals surface area contributed by atoms with Crippen molar-refractivity contribution < 1.29 is 42.9 Å². The molecule has 0 amide bonds. The van der Waals surface area contributed by atoms with Crippen LogP contribution in [0.3, 0.4) is 0 Å². The number of esters is 4. The molecule has 3 aromatic rings. The normalized spacial score (nSPS) is 12.8. The molecule has 37 heavy (non-hydrogen) atoms. The monoisotopic (exact) mass is 504 g/mol. The lowest BCUT2D eigenvalue weighted by Crippen LogP contribution is -2.48. The summed E-state index contributed by atoms with van der Waals surface area (Å²) < 4.78 is 21.4. The highest BCUT2D eigenvalue weighted by atomic mass is 16.6. The van der Waals surface area contributed by atoms with Gasteiger partial charge in [-0.2, -0.15) is 0 Å². The number of hydrogen-bond donors (Lipinski definition) is 0. The third-order valence-electron chi connectivity index (χ3n) is 5.04. The Morgan fingerprint density at radius 3 is 1.51 bits per heavy atom. The Balaban J connectivity index is 1.88. The maximum Gasteiger partial charge on any atom is 0.338 e. The van der Waals surface area contributed by atoms with Crippen molar-refractivity contribution in [2.75, 3.05) is 6.61 Å². The lowest BCUT2D eigenvalue weighted by Gasteiger charge is -2.29. The minimum absolute atomic E-state index is 0.134. The first-order valence-electron chi connectivity index (χ1n) is 11.3. The van der Waals surface area contributed by atoms with Gasteiger partial charge in [0.2, 0.25) is 0 Å². The predicted octanol–water partition coefficient (Wildman–Crippen LogP) is 3.43. The van der Waals surface area contributed by atoms with Crippen molar-refractivity contribution in [3.63, 3.8) is 0 Å². The summed E-state index contributed by atoms with van der Waals surface area (Å²) in [6.45, 7) is 0.501. The lowest BCUT2D eigenvalue weighted by atomic mass is 10.1. The molecule has 0 N–H and O–H groups in total. The fraction of sp³-hybridized carbons (Fsp3) is 0.179. The Morgan fingerprint density at radius 2 is 1.08 bits per heavy atom. The summed E-state index contributed by atoms with van der Waals surface area (Å²) >= 11 is 0.